The second-order valence-electron chi connectivity index (χ2n) is 4.96. The summed E-state index contributed by atoms with van der Waals surface area (Å²) < 4.78 is 1.15. The number of likely N-dealkylation sites (N-methyl/N-ethyl adjacent to an activating group) is 1. The minimum absolute atomic E-state index is 0.538. The van der Waals surface area contributed by atoms with Crippen LogP contribution >= 0.6 is 15.9 Å². The maximum absolute atomic E-state index is 3.51. The summed E-state index contributed by atoms with van der Waals surface area (Å²) in [5.41, 5.74) is 1.35. The predicted molar refractivity (Wildman–Crippen MR) is 78.2 cm³/mol. The molecule has 96 valence electrons. The molecule has 0 saturated carbocycles. The lowest BCUT2D eigenvalue weighted by Crippen LogP contribution is -2.39. The van der Waals surface area contributed by atoms with Crippen LogP contribution in [-0.2, 0) is 6.54 Å². The SMILES string of the molecule is CC(C)NCC(C)N(C)Cc1cccc(Br)c1. The topological polar surface area (TPSA) is 15.3 Å². The lowest BCUT2D eigenvalue weighted by molar-refractivity contribution is 0.239. The Labute approximate surface area is 114 Å². The normalized spacial score (nSPS) is 13.4. The maximum Gasteiger partial charge on any atom is 0.0234 e. The van der Waals surface area contributed by atoms with E-state index in [-0.39, 0.29) is 0 Å². The Morgan fingerprint density at radius 1 is 1.29 bits per heavy atom. The minimum atomic E-state index is 0.538. The molecule has 0 amide bonds. The number of benzene rings is 1. The van der Waals surface area contributed by atoms with Crippen molar-refractivity contribution < 1.29 is 0 Å². The van der Waals surface area contributed by atoms with Crippen LogP contribution < -0.4 is 5.32 Å². The van der Waals surface area contributed by atoms with Gasteiger partial charge in [0, 0.05) is 29.6 Å². The third-order valence-electron chi connectivity index (χ3n) is 2.89. The Morgan fingerprint density at radius 3 is 2.59 bits per heavy atom. The highest BCUT2D eigenvalue weighted by Gasteiger charge is 2.09. The first-order valence-electron chi connectivity index (χ1n) is 6.17. The van der Waals surface area contributed by atoms with E-state index in [9.17, 15) is 0 Å². The molecule has 1 unspecified atom stereocenters. The average Bonchev–Trinajstić information content (AvgIpc) is 2.25. The average molecular weight is 299 g/mol. The van der Waals surface area contributed by atoms with Gasteiger partial charge in [0.15, 0.2) is 0 Å². The second kappa shape index (κ2) is 7.14. The van der Waals surface area contributed by atoms with E-state index in [1.54, 1.807) is 0 Å². The summed E-state index contributed by atoms with van der Waals surface area (Å²) in [4.78, 5) is 2.37. The molecule has 0 aliphatic carbocycles. The summed E-state index contributed by atoms with van der Waals surface area (Å²) in [5.74, 6) is 0. The summed E-state index contributed by atoms with van der Waals surface area (Å²) in [6.45, 7) is 8.64. The Morgan fingerprint density at radius 2 is 2.00 bits per heavy atom. The van der Waals surface area contributed by atoms with Crippen LogP contribution in [0.15, 0.2) is 28.7 Å². The van der Waals surface area contributed by atoms with Gasteiger partial charge in [0.25, 0.3) is 0 Å². The fraction of sp³-hybridized carbons (Fsp3) is 0.571. The Bertz CT molecular complexity index is 339. The van der Waals surface area contributed by atoms with E-state index >= 15 is 0 Å². The highest BCUT2D eigenvalue weighted by Crippen LogP contribution is 2.13. The molecule has 0 heterocycles. The molecule has 2 nitrogen and oxygen atoms in total. The molecule has 0 spiro atoms. The standard InChI is InChI=1S/C14H23BrN2/c1-11(2)16-9-12(3)17(4)10-13-6-5-7-14(15)8-13/h5-8,11-12,16H,9-10H2,1-4H3. The third-order valence-corrected chi connectivity index (χ3v) is 3.39. The van der Waals surface area contributed by atoms with Gasteiger partial charge in [-0.05, 0) is 31.7 Å². The van der Waals surface area contributed by atoms with Crippen molar-refractivity contribution in [3.05, 3.63) is 34.3 Å². The Balaban J connectivity index is 2.45. The summed E-state index contributed by atoms with van der Waals surface area (Å²) in [6, 6.07) is 9.59. The summed E-state index contributed by atoms with van der Waals surface area (Å²) >= 11 is 3.51. The molecule has 0 fully saturated rings. The lowest BCUT2D eigenvalue weighted by Gasteiger charge is -2.26. The highest BCUT2D eigenvalue weighted by molar-refractivity contribution is 9.10. The zero-order chi connectivity index (χ0) is 12.8. The quantitative estimate of drug-likeness (QED) is 0.867. The molecule has 1 aromatic rings. The molecule has 0 aliphatic heterocycles. The van der Waals surface area contributed by atoms with Gasteiger partial charge in [-0.2, -0.15) is 0 Å². The fourth-order valence-electron chi connectivity index (χ4n) is 1.64. The van der Waals surface area contributed by atoms with E-state index in [1.807, 2.05) is 0 Å². The number of hydrogen-bond acceptors (Lipinski definition) is 2. The number of nitrogens with zero attached hydrogens (tertiary/aromatic N) is 1. The first-order chi connectivity index (χ1) is 7.99. The molecule has 0 aromatic heterocycles. The van der Waals surface area contributed by atoms with Crippen molar-refractivity contribution in [3.63, 3.8) is 0 Å². The number of halogens is 1. The summed E-state index contributed by atoms with van der Waals surface area (Å²) in [7, 11) is 2.17. The molecule has 0 radical (unpaired) electrons. The van der Waals surface area contributed by atoms with Crippen LogP contribution in [0.3, 0.4) is 0 Å². The Kier molecular flexibility index (Phi) is 6.17. The number of hydrogen-bond donors (Lipinski definition) is 1. The fourth-order valence-corrected chi connectivity index (χ4v) is 2.09. The first kappa shape index (κ1) is 14.7. The van der Waals surface area contributed by atoms with Gasteiger partial charge in [0.05, 0.1) is 0 Å². The number of nitrogens with one attached hydrogen (secondary N) is 1. The van der Waals surface area contributed by atoms with E-state index in [2.05, 4.69) is 78.2 Å². The second-order valence-corrected chi connectivity index (χ2v) is 5.87. The van der Waals surface area contributed by atoms with Gasteiger partial charge in [-0.3, -0.25) is 4.90 Å². The largest absolute Gasteiger partial charge is 0.313 e. The van der Waals surface area contributed by atoms with Crippen LogP contribution in [0.4, 0.5) is 0 Å². The van der Waals surface area contributed by atoms with Crippen molar-refractivity contribution >= 4 is 15.9 Å². The monoisotopic (exact) mass is 298 g/mol. The summed E-state index contributed by atoms with van der Waals surface area (Å²) in [5, 5.41) is 3.47. The Hall–Kier alpha value is -0.380. The van der Waals surface area contributed by atoms with Crippen molar-refractivity contribution in [2.45, 2.75) is 39.4 Å². The van der Waals surface area contributed by atoms with Crippen molar-refractivity contribution in [1.29, 1.82) is 0 Å². The molecule has 1 aromatic carbocycles. The van der Waals surface area contributed by atoms with Gasteiger partial charge in [-0.1, -0.05) is 41.9 Å². The molecule has 17 heavy (non-hydrogen) atoms. The zero-order valence-corrected chi connectivity index (χ0v) is 12.8. The van der Waals surface area contributed by atoms with Crippen LogP contribution in [0.2, 0.25) is 0 Å². The van der Waals surface area contributed by atoms with E-state index in [0.717, 1.165) is 17.6 Å². The lowest BCUT2D eigenvalue weighted by atomic mass is 10.2. The smallest absolute Gasteiger partial charge is 0.0234 e. The predicted octanol–water partition coefficient (Wildman–Crippen LogP) is 3.27. The van der Waals surface area contributed by atoms with Crippen LogP contribution in [0.1, 0.15) is 26.3 Å². The van der Waals surface area contributed by atoms with Gasteiger partial charge in [0.2, 0.25) is 0 Å². The molecule has 1 rings (SSSR count). The van der Waals surface area contributed by atoms with Crippen LogP contribution in [0.5, 0.6) is 0 Å². The van der Waals surface area contributed by atoms with Crippen LogP contribution in [-0.4, -0.2) is 30.6 Å². The molecule has 0 saturated heterocycles. The number of rotatable bonds is 6. The molecular formula is C14H23BrN2. The third kappa shape index (κ3) is 5.66. The zero-order valence-electron chi connectivity index (χ0n) is 11.2. The maximum atomic E-state index is 3.51. The van der Waals surface area contributed by atoms with E-state index in [0.29, 0.717) is 12.1 Å². The summed E-state index contributed by atoms with van der Waals surface area (Å²) in [6.07, 6.45) is 0. The van der Waals surface area contributed by atoms with Crippen molar-refractivity contribution in [1.82, 2.24) is 10.2 Å². The molecule has 1 atom stereocenters. The van der Waals surface area contributed by atoms with Crippen molar-refractivity contribution in [2.24, 2.45) is 0 Å². The van der Waals surface area contributed by atoms with Gasteiger partial charge >= 0.3 is 0 Å². The molecule has 0 aliphatic rings. The molecular weight excluding hydrogens is 276 g/mol. The van der Waals surface area contributed by atoms with Gasteiger partial charge in [-0.15, -0.1) is 0 Å². The van der Waals surface area contributed by atoms with Gasteiger partial charge < -0.3 is 5.32 Å². The van der Waals surface area contributed by atoms with Crippen molar-refractivity contribution in [2.75, 3.05) is 13.6 Å². The van der Waals surface area contributed by atoms with E-state index in [4.69, 9.17) is 0 Å². The first-order valence-corrected chi connectivity index (χ1v) is 6.96. The van der Waals surface area contributed by atoms with Gasteiger partial charge in [0.1, 0.15) is 0 Å². The van der Waals surface area contributed by atoms with E-state index < -0.39 is 0 Å². The van der Waals surface area contributed by atoms with Crippen LogP contribution in [0.25, 0.3) is 0 Å². The van der Waals surface area contributed by atoms with Gasteiger partial charge in [-0.25, -0.2) is 0 Å². The minimum Gasteiger partial charge on any atom is -0.313 e. The van der Waals surface area contributed by atoms with E-state index in [1.165, 1.54) is 5.56 Å². The highest BCUT2D eigenvalue weighted by atomic mass is 79.9. The molecule has 0 bridgehead atoms. The molecule has 3 heteroatoms. The molecule has 1 N–H and O–H groups in total. The van der Waals surface area contributed by atoms with Crippen LogP contribution in [0, 0.1) is 0 Å². The van der Waals surface area contributed by atoms with Crippen molar-refractivity contribution in [3.8, 4) is 0 Å².